The normalized spacial score (nSPS) is 11.9. The lowest BCUT2D eigenvalue weighted by molar-refractivity contribution is -0.128. The number of amides is 5. The second kappa shape index (κ2) is 42.0. The Hall–Kier alpha value is -3.68. The Morgan fingerprint density at radius 3 is 1.30 bits per heavy atom. The Morgan fingerprint density at radius 2 is 0.875 bits per heavy atom. The van der Waals surface area contributed by atoms with Crippen molar-refractivity contribution in [1.29, 1.82) is 0 Å². The van der Waals surface area contributed by atoms with Crippen LogP contribution >= 0.6 is 6.72 Å². The average molecular weight is 946 g/mol. The maximum absolute atomic E-state index is 13.6. The zero-order chi connectivity index (χ0) is 47.4. The highest BCUT2D eigenvalue weighted by Gasteiger charge is 2.33. The predicted octanol–water partition coefficient (Wildman–Crippen LogP) is 1.26. The molecule has 0 saturated heterocycles. The fourth-order valence-corrected chi connectivity index (χ4v) is 6.31. The third-order valence-electron chi connectivity index (χ3n) is 8.96. The molecule has 0 aromatic carbocycles. The zero-order valence-corrected chi connectivity index (χ0v) is 39.3. The van der Waals surface area contributed by atoms with Gasteiger partial charge in [-0.1, -0.05) is 30.6 Å². The van der Waals surface area contributed by atoms with Gasteiger partial charge in [-0.25, -0.2) is 0 Å². The molecule has 6 N–H and O–H groups in total. The van der Waals surface area contributed by atoms with Crippen LogP contribution in [0.25, 0.3) is 0 Å². The maximum atomic E-state index is 13.6. The summed E-state index contributed by atoms with van der Waals surface area (Å²) in [5, 5.41) is 14.3. The van der Waals surface area contributed by atoms with E-state index < -0.39 is 12.3 Å². The highest BCUT2D eigenvalue weighted by atomic mass is 32.5. The van der Waals surface area contributed by atoms with Gasteiger partial charge in [-0.3, -0.25) is 24.0 Å². The van der Waals surface area contributed by atoms with Gasteiger partial charge in [0.1, 0.15) is 19.8 Å². The molecule has 0 aromatic rings. The molecule has 364 valence electrons. The van der Waals surface area contributed by atoms with Crippen molar-refractivity contribution in [2.75, 3.05) is 119 Å². The van der Waals surface area contributed by atoms with Crippen molar-refractivity contribution in [3.8, 4) is 37.0 Å². The third-order valence-corrected chi connectivity index (χ3v) is 10.7. The predicted molar refractivity (Wildman–Crippen MR) is 244 cm³/mol. The van der Waals surface area contributed by atoms with Crippen LogP contribution in [0.3, 0.4) is 0 Å². The smallest absolute Gasteiger partial charge is 0.324 e. The summed E-state index contributed by atoms with van der Waals surface area (Å²) in [5.41, 5.74) is -1.15. The van der Waals surface area contributed by atoms with E-state index in [-0.39, 0.29) is 153 Å². The monoisotopic (exact) mass is 945 g/mol. The zero-order valence-electron chi connectivity index (χ0n) is 37.6. The number of ether oxygens (including phenoxy) is 6. The molecular formula is C43H72N5O14PS. The first kappa shape index (κ1) is 60.3. The first-order valence-corrected chi connectivity index (χ1v) is 24.2. The van der Waals surface area contributed by atoms with Crippen molar-refractivity contribution in [3.05, 3.63) is 0 Å². The molecule has 1 unspecified atom stereocenters. The first-order chi connectivity index (χ1) is 30.9. The Labute approximate surface area is 385 Å². The lowest BCUT2D eigenvalue weighted by Crippen LogP contribution is -2.50. The van der Waals surface area contributed by atoms with Crippen LogP contribution in [0.1, 0.15) is 83.5 Å². The molecule has 5 amide bonds. The fourth-order valence-electron chi connectivity index (χ4n) is 5.62. The molecule has 0 aliphatic rings. The van der Waals surface area contributed by atoms with E-state index in [1.807, 2.05) is 0 Å². The number of rotatable bonds is 44. The van der Waals surface area contributed by atoms with Crippen molar-refractivity contribution in [1.82, 2.24) is 26.6 Å². The number of hydrogen-bond acceptors (Lipinski definition) is 14. The van der Waals surface area contributed by atoms with Crippen molar-refractivity contribution >= 4 is 48.1 Å². The Balaban J connectivity index is 5.55. The van der Waals surface area contributed by atoms with Crippen LogP contribution in [-0.4, -0.2) is 159 Å². The van der Waals surface area contributed by atoms with E-state index in [4.69, 9.17) is 68.5 Å². The van der Waals surface area contributed by atoms with E-state index in [2.05, 4.69) is 44.3 Å². The van der Waals surface area contributed by atoms with Crippen molar-refractivity contribution < 1.29 is 66.3 Å². The molecule has 21 heteroatoms. The minimum absolute atomic E-state index is 0.00766. The molecule has 64 heavy (non-hydrogen) atoms. The van der Waals surface area contributed by atoms with Crippen LogP contribution in [-0.2, 0) is 73.2 Å². The topological polar surface area (TPSA) is 240 Å². The minimum Gasteiger partial charge on any atom is -0.377 e. The lowest BCUT2D eigenvalue weighted by Gasteiger charge is -2.35. The summed E-state index contributed by atoms with van der Waals surface area (Å²) in [7, 11) is 1.30. The van der Waals surface area contributed by atoms with Crippen LogP contribution in [0.4, 0.5) is 0 Å². The molecule has 0 aliphatic carbocycles. The number of unbranched alkanes of at least 4 members (excludes halogenated alkanes) is 3. The molecule has 0 saturated carbocycles. The standard InChI is InChI=1S/C43H72N5O14PS/c1-5-25-56-32-35-59-29-22-45-39(50)15-18-43(19-16-40(51)46-23-30-60-36-33-57-26-6-2,20-17-41(52)47-24-31-61-37-34-58-27-7-3)48-42(53)14-12-13-38(49)44-21-10-8-9-11-28-62-63(54,64)55-4/h1-3H,8-37H2,4H3,(H,44,49)(H,45,50)(H,46,51)(H,47,52)(H,48,53)(H,54,64). The van der Waals surface area contributed by atoms with Gasteiger partial charge in [0.05, 0.1) is 66.1 Å². The van der Waals surface area contributed by atoms with Crippen molar-refractivity contribution in [2.45, 2.75) is 89.0 Å². The van der Waals surface area contributed by atoms with E-state index in [1.54, 1.807) is 0 Å². The third kappa shape index (κ3) is 38.8. The summed E-state index contributed by atoms with van der Waals surface area (Å²) in [6.07, 6.45) is 19.2. The summed E-state index contributed by atoms with van der Waals surface area (Å²) in [6, 6.07) is 0. The number of carbonyl (C=O) groups is 5. The molecule has 1 atom stereocenters. The summed E-state index contributed by atoms with van der Waals surface area (Å²) >= 11 is 4.80. The molecule has 0 rings (SSSR count). The lowest BCUT2D eigenvalue weighted by atomic mass is 9.82. The molecule has 0 heterocycles. The summed E-state index contributed by atoms with van der Waals surface area (Å²) in [4.78, 5) is 74.9. The molecule has 0 radical (unpaired) electrons. The summed E-state index contributed by atoms with van der Waals surface area (Å²) in [6.45, 7) is 1.33. The van der Waals surface area contributed by atoms with E-state index in [9.17, 15) is 28.9 Å². The molecule has 0 aliphatic heterocycles. The van der Waals surface area contributed by atoms with Gasteiger partial charge in [0, 0.05) is 70.9 Å². The van der Waals surface area contributed by atoms with Gasteiger partial charge in [-0.2, -0.15) is 0 Å². The molecule has 0 fully saturated rings. The van der Waals surface area contributed by atoms with Gasteiger partial charge in [-0.15, -0.1) is 19.3 Å². The molecule has 0 bridgehead atoms. The summed E-state index contributed by atoms with van der Waals surface area (Å²) in [5.74, 6) is 5.57. The van der Waals surface area contributed by atoms with Crippen LogP contribution in [0.15, 0.2) is 0 Å². The quantitative estimate of drug-likeness (QED) is 0.0287. The number of carbonyl (C=O) groups excluding carboxylic acids is 5. The van der Waals surface area contributed by atoms with Crippen LogP contribution in [0.5, 0.6) is 0 Å². The van der Waals surface area contributed by atoms with Gasteiger partial charge >= 0.3 is 6.72 Å². The van der Waals surface area contributed by atoms with Gasteiger partial charge in [0.15, 0.2) is 0 Å². The molecular weight excluding hydrogens is 874 g/mol. The van der Waals surface area contributed by atoms with Crippen LogP contribution in [0.2, 0.25) is 0 Å². The van der Waals surface area contributed by atoms with E-state index in [0.717, 1.165) is 19.3 Å². The number of terminal acetylenes is 3. The Morgan fingerprint density at radius 1 is 0.500 bits per heavy atom. The van der Waals surface area contributed by atoms with Crippen molar-refractivity contribution in [3.63, 3.8) is 0 Å². The molecule has 0 spiro atoms. The highest BCUT2D eigenvalue weighted by molar-refractivity contribution is 8.07. The SMILES string of the molecule is C#CCOCCOCCNC(=O)CCC(CCC(=O)NCCOCCOCC#C)(CCC(=O)NCCOCCOCC#C)NC(=O)CCCC(=O)NCCCCCCOP(O)(=S)OC. The van der Waals surface area contributed by atoms with Crippen LogP contribution < -0.4 is 26.6 Å². The minimum atomic E-state index is -3.16. The molecule has 0 aromatic heterocycles. The Bertz CT molecular complexity index is 1360. The van der Waals surface area contributed by atoms with Gasteiger partial charge in [0.25, 0.3) is 0 Å². The largest absolute Gasteiger partial charge is 0.377 e. The summed E-state index contributed by atoms with van der Waals surface area (Å²) < 4.78 is 41.8. The highest BCUT2D eigenvalue weighted by Crippen LogP contribution is 2.42. The van der Waals surface area contributed by atoms with E-state index in [1.165, 1.54) is 7.11 Å². The fraction of sp³-hybridized carbons (Fsp3) is 0.744. The van der Waals surface area contributed by atoms with Crippen molar-refractivity contribution in [2.24, 2.45) is 0 Å². The number of hydrogen-bond donors (Lipinski definition) is 6. The van der Waals surface area contributed by atoms with E-state index in [0.29, 0.717) is 52.6 Å². The second-order valence-electron chi connectivity index (χ2n) is 14.1. The average Bonchev–Trinajstić information content (AvgIpc) is 3.27. The van der Waals surface area contributed by atoms with Gasteiger partial charge in [0.2, 0.25) is 29.5 Å². The number of nitrogens with one attached hydrogen (secondary N) is 5. The molecule has 19 nitrogen and oxygen atoms in total. The first-order valence-electron chi connectivity index (χ1n) is 21.6. The maximum Gasteiger partial charge on any atom is 0.324 e. The second-order valence-corrected chi connectivity index (χ2v) is 17.0. The van der Waals surface area contributed by atoms with Crippen LogP contribution in [0, 0.1) is 37.0 Å². The van der Waals surface area contributed by atoms with Gasteiger partial charge in [-0.05, 0) is 50.3 Å². The Kier molecular flexibility index (Phi) is 39.6. The van der Waals surface area contributed by atoms with E-state index >= 15 is 0 Å². The van der Waals surface area contributed by atoms with Gasteiger partial charge < -0.3 is 68.9 Å².